The van der Waals surface area contributed by atoms with Crippen LogP contribution in [0.25, 0.3) is 49.4 Å². The molecular formula is C46H35NO2. The number of carbonyl (C=O) groups excluding carboxylic acids is 2. The van der Waals surface area contributed by atoms with Gasteiger partial charge < -0.3 is 4.79 Å². The summed E-state index contributed by atoms with van der Waals surface area (Å²) >= 11 is 0. The summed E-state index contributed by atoms with van der Waals surface area (Å²) in [5, 5.41) is 4.04. The smallest absolute Gasteiger partial charge is 0.215 e. The summed E-state index contributed by atoms with van der Waals surface area (Å²) in [6, 6.07) is 52.2. The number of nitrogens with zero attached hydrogens (tertiary/aromatic N) is 1. The molecule has 0 spiro atoms. The van der Waals surface area contributed by atoms with Gasteiger partial charge in [0.1, 0.15) is 12.3 Å². The third kappa shape index (κ3) is 5.34. The molecule has 49 heavy (non-hydrogen) atoms. The average Bonchev–Trinajstić information content (AvgIpc) is 3.46. The van der Waals surface area contributed by atoms with Crippen molar-refractivity contribution in [3.05, 3.63) is 180 Å². The standard InChI is InChI=1S/C46H35NO2/c1-30(48)43(45(31(2)49)47-27-26-34-18-12-13-21-38(34)46(47)35-19-10-5-11-20-35)44-41-28-36(32-14-6-3-7-15-32)22-24-39(41)40-25-23-37(29-42(40)44)33-16-8-4-9-17-33/h3-25,28-29H,26-27H2,1-2H3/b45-43+. The number of Topliss-reactive ketones (excluding diaryl/α,β-unsaturated/α-hetero) is 2. The number of hydrogen-bond acceptors (Lipinski definition) is 2. The molecule has 1 heterocycles. The molecule has 0 fully saturated rings. The third-order valence-electron chi connectivity index (χ3n) is 9.72. The van der Waals surface area contributed by atoms with E-state index in [4.69, 9.17) is 0 Å². The lowest BCUT2D eigenvalue weighted by molar-refractivity contribution is -0.470. The van der Waals surface area contributed by atoms with Gasteiger partial charge in [0.05, 0.1) is 0 Å². The predicted molar refractivity (Wildman–Crippen MR) is 201 cm³/mol. The molecule has 1 aliphatic rings. The van der Waals surface area contributed by atoms with E-state index in [0.717, 1.165) is 72.6 Å². The normalized spacial score (nSPS) is 13.3. The van der Waals surface area contributed by atoms with Crippen molar-refractivity contribution in [1.82, 2.24) is 0 Å². The van der Waals surface area contributed by atoms with E-state index in [9.17, 15) is 9.59 Å². The quantitative estimate of drug-likeness (QED) is 0.0995. The number of carbonyl (C=O) groups is 2. The number of allylic oxidation sites excluding steroid dienone is 2. The monoisotopic (exact) mass is 633 g/mol. The van der Waals surface area contributed by atoms with Gasteiger partial charge in [-0.15, -0.1) is 0 Å². The Morgan fingerprint density at radius 2 is 1.02 bits per heavy atom. The van der Waals surface area contributed by atoms with Gasteiger partial charge in [0, 0.05) is 23.1 Å². The van der Waals surface area contributed by atoms with Crippen molar-refractivity contribution in [3.63, 3.8) is 0 Å². The minimum Gasteiger partial charge on any atom is -0.327 e. The molecule has 7 aromatic rings. The van der Waals surface area contributed by atoms with Gasteiger partial charge in [-0.1, -0.05) is 161 Å². The lowest BCUT2D eigenvalue weighted by Gasteiger charge is -2.23. The molecular weight excluding hydrogens is 599 g/mol. The van der Waals surface area contributed by atoms with Crippen molar-refractivity contribution < 1.29 is 14.2 Å². The number of ketones is 2. The molecule has 0 radical (unpaired) electrons. The van der Waals surface area contributed by atoms with Crippen molar-refractivity contribution in [3.8, 4) is 22.3 Å². The second-order valence-corrected chi connectivity index (χ2v) is 12.7. The minimum atomic E-state index is -0.140. The molecule has 0 amide bonds. The highest BCUT2D eigenvalue weighted by molar-refractivity contribution is 6.34. The lowest BCUT2D eigenvalue weighted by Crippen LogP contribution is -2.33. The van der Waals surface area contributed by atoms with E-state index in [2.05, 4.69) is 95.6 Å². The zero-order valence-corrected chi connectivity index (χ0v) is 27.6. The fraction of sp³-hybridized carbons (Fsp3) is 0.0870. The Kier molecular flexibility index (Phi) is 7.74. The van der Waals surface area contributed by atoms with Gasteiger partial charge in [-0.2, -0.15) is 0 Å². The van der Waals surface area contributed by atoms with E-state index in [1.54, 1.807) is 13.8 Å². The van der Waals surface area contributed by atoms with Crippen LogP contribution in [0.2, 0.25) is 0 Å². The van der Waals surface area contributed by atoms with Crippen LogP contribution in [-0.4, -0.2) is 28.4 Å². The Morgan fingerprint density at radius 3 is 1.53 bits per heavy atom. The van der Waals surface area contributed by atoms with Crippen LogP contribution in [0.4, 0.5) is 0 Å². The molecule has 0 N–H and O–H groups in total. The summed E-state index contributed by atoms with van der Waals surface area (Å²) in [4.78, 5) is 28.4. The van der Waals surface area contributed by atoms with Gasteiger partial charge in [-0.3, -0.25) is 4.79 Å². The fourth-order valence-corrected chi connectivity index (χ4v) is 7.56. The number of fused-ring (bicyclic) bond motifs is 4. The second-order valence-electron chi connectivity index (χ2n) is 12.7. The molecule has 7 aromatic carbocycles. The van der Waals surface area contributed by atoms with E-state index in [1.165, 1.54) is 5.56 Å². The summed E-state index contributed by atoms with van der Waals surface area (Å²) in [5.41, 5.74) is 10.3. The summed E-state index contributed by atoms with van der Waals surface area (Å²) in [6.07, 6.45) is 0.757. The van der Waals surface area contributed by atoms with E-state index >= 15 is 0 Å². The SMILES string of the molecule is CC(=O)/C(=C(/C(C)=O)[N+]1=C(c2ccccc2)c2ccccc2CC1)[c-]1c2cc(-c3ccccc3)ccc2c2ccc(-c3ccccc3)cc21. The maximum atomic E-state index is 14.3. The Balaban J connectivity index is 1.52. The van der Waals surface area contributed by atoms with Gasteiger partial charge in [-0.25, -0.2) is 4.58 Å². The van der Waals surface area contributed by atoms with Crippen molar-refractivity contribution in [1.29, 1.82) is 0 Å². The molecule has 236 valence electrons. The Bertz CT molecular complexity index is 2370. The van der Waals surface area contributed by atoms with E-state index in [-0.39, 0.29) is 11.6 Å². The maximum Gasteiger partial charge on any atom is 0.215 e. The molecule has 0 saturated carbocycles. The highest BCUT2D eigenvalue weighted by Gasteiger charge is 2.34. The number of hydrogen-bond donors (Lipinski definition) is 0. The van der Waals surface area contributed by atoms with E-state index in [0.29, 0.717) is 17.8 Å². The average molecular weight is 634 g/mol. The summed E-state index contributed by atoms with van der Waals surface area (Å²) < 4.78 is 2.11. The topological polar surface area (TPSA) is 37.1 Å². The van der Waals surface area contributed by atoms with Gasteiger partial charge in [-0.05, 0) is 59.9 Å². The molecule has 0 bridgehead atoms. The first-order valence-electron chi connectivity index (χ1n) is 16.8. The predicted octanol–water partition coefficient (Wildman–Crippen LogP) is 10.0. The van der Waals surface area contributed by atoms with Gasteiger partial charge >= 0.3 is 0 Å². The number of rotatable bonds is 7. The van der Waals surface area contributed by atoms with Crippen molar-refractivity contribution in [2.45, 2.75) is 20.3 Å². The molecule has 3 heteroatoms. The largest absolute Gasteiger partial charge is 0.327 e. The van der Waals surface area contributed by atoms with Crippen molar-refractivity contribution >= 4 is 44.4 Å². The van der Waals surface area contributed by atoms with Crippen LogP contribution in [0.15, 0.2) is 157 Å². The van der Waals surface area contributed by atoms with Gasteiger partial charge in [0.15, 0.2) is 5.78 Å². The van der Waals surface area contributed by atoms with Crippen LogP contribution in [0, 0.1) is 0 Å². The summed E-state index contributed by atoms with van der Waals surface area (Å²) in [7, 11) is 0. The maximum absolute atomic E-state index is 14.3. The second kappa shape index (κ2) is 12.5. The molecule has 1 aliphatic heterocycles. The van der Waals surface area contributed by atoms with E-state index < -0.39 is 0 Å². The highest BCUT2D eigenvalue weighted by atomic mass is 16.1. The van der Waals surface area contributed by atoms with Crippen LogP contribution >= 0.6 is 0 Å². The number of benzene rings is 6. The molecule has 0 saturated heterocycles. The lowest BCUT2D eigenvalue weighted by atomic mass is 9.89. The Labute approximate surface area is 286 Å². The van der Waals surface area contributed by atoms with Crippen LogP contribution < -0.4 is 0 Å². The van der Waals surface area contributed by atoms with Gasteiger partial charge in [0.2, 0.25) is 11.4 Å². The molecule has 0 aromatic heterocycles. The minimum absolute atomic E-state index is 0.138. The van der Waals surface area contributed by atoms with Crippen LogP contribution in [0.5, 0.6) is 0 Å². The fourth-order valence-electron chi connectivity index (χ4n) is 7.56. The molecule has 3 nitrogen and oxygen atoms in total. The van der Waals surface area contributed by atoms with Crippen LogP contribution in [0.1, 0.15) is 36.1 Å². The van der Waals surface area contributed by atoms with Gasteiger partial charge in [0.25, 0.3) is 0 Å². The third-order valence-corrected chi connectivity index (χ3v) is 9.72. The molecule has 8 rings (SSSR count). The zero-order valence-electron chi connectivity index (χ0n) is 27.6. The first-order chi connectivity index (χ1) is 24.0. The van der Waals surface area contributed by atoms with E-state index in [1.807, 2.05) is 60.7 Å². The zero-order chi connectivity index (χ0) is 33.5. The van der Waals surface area contributed by atoms with Crippen molar-refractivity contribution in [2.24, 2.45) is 0 Å². The molecule has 0 aliphatic carbocycles. The summed E-state index contributed by atoms with van der Waals surface area (Å²) in [5.74, 6) is -0.278. The van der Waals surface area contributed by atoms with Crippen molar-refractivity contribution in [2.75, 3.05) is 6.54 Å². The molecule has 0 atom stereocenters. The first kappa shape index (κ1) is 30.3. The first-order valence-corrected chi connectivity index (χ1v) is 16.8. The Morgan fingerprint density at radius 1 is 0.531 bits per heavy atom. The highest BCUT2D eigenvalue weighted by Crippen LogP contribution is 2.43. The van der Waals surface area contributed by atoms with Crippen LogP contribution in [-0.2, 0) is 16.0 Å². The summed E-state index contributed by atoms with van der Waals surface area (Å²) in [6.45, 7) is 3.78. The molecule has 0 unspecified atom stereocenters. The Hall–Kier alpha value is -6.06. The van der Waals surface area contributed by atoms with Crippen LogP contribution in [0.3, 0.4) is 0 Å².